The molecule has 0 heterocycles. The van der Waals surface area contributed by atoms with Crippen molar-refractivity contribution in [1.29, 1.82) is 0 Å². The van der Waals surface area contributed by atoms with Gasteiger partial charge in [0.2, 0.25) is 21.8 Å². The Kier molecular flexibility index (Phi) is 7.63. The van der Waals surface area contributed by atoms with Crippen LogP contribution in [0, 0.1) is 5.82 Å². The molecule has 1 aliphatic carbocycles. The summed E-state index contributed by atoms with van der Waals surface area (Å²) in [7, 11) is -2.01. The number of hydrogen-bond acceptors (Lipinski definition) is 4. The lowest BCUT2D eigenvalue weighted by Gasteiger charge is -2.28. The van der Waals surface area contributed by atoms with Gasteiger partial charge in [-0.3, -0.25) is 9.59 Å². The lowest BCUT2D eigenvalue weighted by atomic mass is 10.1. The Hall–Kier alpha value is -2.78. The molecule has 0 saturated heterocycles. The maximum atomic E-state index is 13.2. The second-order valence-electron chi connectivity index (χ2n) is 7.98. The fraction of sp³-hybridized carbons (Fsp3) is 0.391. The minimum absolute atomic E-state index is 0.0340. The fourth-order valence-electron chi connectivity index (χ4n) is 3.30. The molecule has 1 saturated carbocycles. The Morgan fingerprint density at radius 2 is 1.66 bits per heavy atom. The summed E-state index contributed by atoms with van der Waals surface area (Å²) >= 11 is 0. The Balaban J connectivity index is 1.65. The van der Waals surface area contributed by atoms with Crippen molar-refractivity contribution < 1.29 is 22.4 Å². The number of rotatable bonds is 10. The van der Waals surface area contributed by atoms with Crippen molar-refractivity contribution in [2.45, 2.75) is 56.1 Å². The van der Waals surface area contributed by atoms with Gasteiger partial charge in [0.1, 0.15) is 11.9 Å². The molecule has 32 heavy (non-hydrogen) atoms. The molecule has 2 N–H and O–H groups in total. The number of halogens is 1. The minimum atomic E-state index is -3.52. The molecule has 7 nitrogen and oxygen atoms in total. The van der Waals surface area contributed by atoms with Gasteiger partial charge in [0, 0.05) is 26.1 Å². The Labute approximate surface area is 188 Å². The van der Waals surface area contributed by atoms with Gasteiger partial charge in [-0.2, -0.15) is 0 Å². The summed E-state index contributed by atoms with van der Waals surface area (Å²) in [6.45, 7) is 1.82. The summed E-state index contributed by atoms with van der Waals surface area (Å²) in [5.74, 6) is -0.889. The van der Waals surface area contributed by atoms with Crippen LogP contribution in [0.25, 0.3) is 0 Å². The average molecular weight is 462 g/mol. The molecular formula is C23H28FN3O4S. The molecule has 172 valence electrons. The van der Waals surface area contributed by atoms with Gasteiger partial charge in [-0.1, -0.05) is 24.3 Å². The van der Waals surface area contributed by atoms with E-state index in [2.05, 4.69) is 10.0 Å². The molecule has 0 aliphatic heterocycles. The number of sulfonamides is 1. The highest BCUT2D eigenvalue weighted by Crippen LogP contribution is 2.22. The van der Waals surface area contributed by atoms with Gasteiger partial charge in [-0.15, -0.1) is 0 Å². The van der Waals surface area contributed by atoms with Crippen LogP contribution in [0.15, 0.2) is 53.4 Å². The maximum absolute atomic E-state index is 13.2. The van der Waals surface area contributed by atoms with Gasteiger partial charge in [0.05, 0.1) is 4.90 Å². The number of carbonyl (C=O) groups is 2. The fourth-order valence-corrected chi connectivity index (χ4v) is 4.60. The Bertz CT molecular complexity index is 1050. The molecule has 0 radical (unpaired) electrons. The lowest BCUT2D eigenvalue weighted by molar-refractivity contribution is -0.140. The monoisotopic (exact) mass is 461 g/mol. The molecule has 2 aromatic rings. The molecule has 0 aromatic heterocycles. The molecule has 1 unspecified atom stereocenters. The van der Waals surface area contributed by atoms with E-state index in [1.165, 1.54) is 36.2 Å². The third-order valence-electron chi connectivity index (χ3n) is 5.44. The summed E-state index contributed by atoms with van der Waals surface area (Å²) in [5.41, 5.74) is 1.53. The van der Waals surface area contributed by atoms with Gasteiger partial charge < -0.3 is 10.2 Å². The highest BCUT2D eigenvalue weighted by Gasteiger charge is 2.28. The number of hydrogen-bond donors (Lipinski definition) is 2. The number of benzene rings is 2. The maximum Gasteiger partial charge on any atom is 0.242 e. The van der Waals surface area contributed by atoms with E-state index in [0.717, 1.165) is 18.4 Å². The van der Waals surface area contributed by atoms with Crippen LogP contribution in [0.1, 0.15) is 37.3 Å². The summed E-state index contributed by atoms with van der Waals surface area (Å²) < 4.78 is 40.4. The molecule has 1 aliphatic rings. The van der Waals surface area contributed by atoms with Crippen molar-refractivity contribution >= 4 is 21.8 Å². The zero-order chi connectivity index (χ0) is 23.3. The number of likely N-dealkylation sites (N-methyl/N-ethyl adjacent to an activating group) is 1. The zero-order valence-electron chi connectivity index (χ0n) is 18.2. The molecule has 0 spiro atoms. The van der Waals surface area contributed by atoms with Crippen LogP contribution in [0.4, 0.5) is 4.39 Å². The first-order chi connectivity index (χ1) is 15.2. The number of carbonyl (C=O) groups excluding carboxylic acids is 2. The molecule has 9 heteroatoms. The molecule has 1 atom stereocenters. The first-order valence-corrected chi connectivity index (χ1v) is 12.0. The second-order valence-corrected chi connectivity index (χ2v) is 9.69. The number of nitrogens with one attached hydrogen (secondary N) is 2. The third-order valence-corrected chi connectivity index (χ3v) is 6.98. The van der Waals surface area contributed by atoms with E-state index in [1.54, 1.807) is 31.2 Å². The van der Waals surface area contributed by atoms with Crippen molar-refractivity contribution in [3.8, 4) is 0 Å². The number of nitrogens with zero attached hydrogens (tertiary/aromatic N) is 1. The van der Waals surface area contributed by atoms with E-state index in [1.807, 2.05) is 0 Å². The van der Waals surface area contributed by atoms with Crippen LogP contribution in [-0.2, 0) is 32.6 Å². The highest BCUT2D eigenvalue weighted by atomic mass is 32.2. The summed E-state index contributed by atoms with van der Waals surface area (Å²) in [6, 6.07) is 11.6. The van der Waals surface area contributed by atoms with Gasteiger partial charge >= 0.3 is 0 Å². The van der Waals surface area contributed by atoms with Gasteiger partial charge in [0.15, 0.2) is 0 Å². The minimum Gasteiger partial charge on any atom is -0.357 e. The number of amides is 2. The second kappa shape index (κ2) is 10.2. The van der Waals surface area contributed by atoms with Gasteiger partial charge in [-0.05, 0) is 61.6 Å². The standard InChI is InChI=1S/C23H28FN3O4S/c1-16(23(29)25-2)27(15-18-3-8-19(24)9-4-18)22(28)14-7-17-5-12-21(13-6-17)32(30,31)26-20-10-11-20/h3-6,8-9,12-13,16,20,26H,7,10-11,14-15H2,1-2H3,(H,25,29). The molecule has 2 amide bonds. The van der Waals surface area contributed by atoms with E-state index < -0.39 is 16.1 Å². The Morgan fingerprint density at radius 1 is 1.06 bits per heavy atom. The van der Waals surface area contributed by atoms with Crippen molar-refractivity contribution in [1.82, 2.24) is 14.9 Å². The van der Waals surface area contributed by atoms with Gasteiger partial charge in [0.25, 0.3) is 0 Å². The predicted octanol–water partition coefficient (Wildman–Crippen LogP) is 2.36. The van der Waals surface area contributed by atoms with E-state index in [9.17, 15) is 22.4 Å². The summed E-state index contributed by atoms with van der Waals surface area (Å²) in [5, 5.41) is 2.55. The topological polar surface area (TPSA) is 95.6 Å². The molecule has 0 bridgehead atoms. The largest absolute Gasteiger partial charge is 0.357 e. The Morgan fingerprint density at radius 3 is 2.22 bits per heavy atom. The SMILES string of the molecule is CNC(=O)C(C)N(Cc1ccc(F)cc1)C(=O)CCc1ccc(S(=O)(=O)NC2CC2)cc1. The van der Waals surface area contributed by atoms with Crippen molar-refractivity contribution in [3.05, 3.63) is 65.5 Å². The van der Waals surface area contributed by atoms with Crippen LogP contribution in [0.2, 0.25) is 0 Å². The van der Waals surface area contributed by atoms with Crippen LogP contribution in [0.5, 0.6) is 0 Å². The number of aryl methyl sites for hydroxylation is 1. The first kappa shape index (κ1) is 23.9. The molecular weight excluding hydrogens is 433 g/mol. The third kappa shape index (κ3) is 6.37. The van der Waals surface area contributed by atoms with Gasteiger partial charge in [-0.25, -0.2) is 17.5 Å². The summed E-state index contributed by atoms with van der Waals surface area (Å²) in [4.78, 5) is 26.8. The lowest BCUT2D eigenvalue weighted by Crippen LogP contribution is -2.46. The van der Waals surface area contributed by atoms with E-state index in [0.29, 0.717) is 12.0 Å². The molecule has 1 fully saturated rings. The predicted molar refractivity (Wildman–Crippen MR) is 119 cm³/mol. The zero-order valence-corrected chi connectivity index (χ0v) is 19.0. The van der Waals surface area contributed by atoms with Crippen molar-refractivity contribution in [2.24, 2.45) is 0 Å². The van der Waals surface area contributed by atoms with E-state index in [-0.39, 0.29) is 41.5 Å². The van der Waals surface area contributed by atoms with Crippen LogP contribution < -0.4 is 10.0 Å². The van der Waals surface area contributed by atoms with Crippen LogP contribution >= 0.6 is 0 Å². The van der Waals surface area contributed by atoms with E-state index >= 15 is 0 Å². The van der Waals surface area contributed by atoms with Crippen LogP contribution in [-0.4, -0.2) is 44.3 Å². The normalized spacial score (nSPS) is 14.6. The molecule has 3 rings (SSSR count). The smallest absolute Gasteiger partial charge is 0.242 e. The van der Waals surface area contributed by atoms with Crippen molar-refractivity contribution in [2.75, 3.05) is 7.05 Å². The van der Waals surface area contributed by atoms with Crippen LogP contribution in [0.3, 0.4) is 0 Å². The quantitative estimate of drug-likeness (QED) is 0.568. The molecule has 2 aromatic carbocycles. The van der Waals surface area contributed by atoms with Crippen molar-refractivity contribution in [3.63, 3.8) is 0 Å². The average Bonchev–Trinajstić information content (AvgIpc) is 3.59. The first-order valence-electron chi connectivity index (χ1n) is 10.6. The summed E-state index contributed by atoms with van der Waals surface area (Å²) in [6.07, 6.45) is 2.27. The van der Waals surface area contributed by atoms with E-state index in [4.69, 9.17) is 0 Å². The highest BCUT2D eigenvalue weighted by molar-refractivity contribution is 7.89.